The van der Waals surface area contributed by atoms with Gasteiger partial charge in [0.1, 0.15) is 0 Å². The van der Waals surface area contributed by atoms with Gasteiger partial charge in [0.15, 0.2) is 0 Å². The molecule has 0 aliphatic carbocycles. The van der Waals surface area contributed by atoms with Crippen LogP contribution in [0.4, 0.5) is 17.1 Å². The smallest absolute Gasteiger partial charge is 0.0464 e. The van der Waals surface area contributed by atoms with Crippen LogP contribution in [0.25, 0.3) is 0 Å². The average Bonchev–Trinajstić information content (AvgIpc) is 2.66. The van der Waals surface area contributed by atoms with Crippen molar-refractivity contribution in [3.8, 4) is 0 Å². The number of allylic oxidation sites excluding steroid dienone is 3. The molecule has 0 unspecified atom stereocenters. The molecular weight excluding hydrogens is 314 g/mol. The first-order chi connectivity index (χ1) is 12.7. The minimum Gasteiger partial charge on any atom is -0.310 e. The van der Waals surface area contributed by atoms with Crippen molar-refractivity contribution in [3.05, 3.63) is 114 Å². The molecule has 0 spiro atoms. The molecule has 1 heteroatoms. The topological polar surface area (TPSA) is 3.24 Å². The van der Waals surface area contributed by atoms with Gasteiger partial charge in [-0.2, -0.15) is 0 Å². The van der Waals surface area contributed by atoms with Crippen molar-refractivity contribution in [1.29, 1.82) is 0 Å². The molecule has 0 bridgehead atoms. The molecule has 0 aromatic heterocycles. The zero-order valence-corrected chi connectivity index (χ0v) is 15.5. The lowest BCUT2D eigenvalue weighted by Gasteiger charge is -2.26. The summed E-state index contributed by atoms with van der Waals surface area (Å²) in [7, 11) is 0. The van der Waals surface area contributed by atoms with E-state index in [-0.39, 0.29) is 0 Å². The molecule has 0 heterocycles. The lowest BCUT2D eigenvalue weighted by molar-refractivity contribution is 1.22. The second kappa shape index (κ2) is 8.35. The number of nitrogens with zero attached hydrogens (tertiary/aromatic N) is 1. The minimum absolute atomic E-state index is 0.898. The zero-order valence-electron chi connectivity index (χ0n) is 15.5. The van der Waals surface area contributed by atoms with Gasteiger partial charge >= 0.3 is 0 Å². The Morgan fingerprint density at radius 2 is 1.35 bits per heavy atom. The van der Waals surface area contributed by atoms with Crippen LogP contribution in [0.3, 0.4) is 0 Å². The van der Waals surface area contributed by atoms with Gasteiger partial charge in [-0.15, -0.1) is 0 Å². The molecule has 0 atom stereocenters. The van der Waals surface area contributed by atoms with Gasteiger partial charge in [-0.3, -0.25) is 0 Å². The number of benzene rings is 3. The Morgan fingerprint density at radius 3 is 1.88 bits per heavy atom. The fraction of sp³-hybridized carbons (Fsp3) is 0.120. The van der Waals surface area contributed by atoms with Crippen LogP contribution in [0, 0.1) is 13.8 Å². The zero-order chi connectivity index (χ0) is 18.4. The summed E-state index contributed by atoms with van der Waals surface area (Å²) in [4.78, 5) is 2.31. The molecule has 0 N–H and O–H groups in total. The summed E-state index contributed by atoms with van der Waals surface area (Å²) in [5, 5.41) is 0. The van der Waals surface area contributed by atoms with E-state index in [1.807, 2.05) is 12.2 Å². The van der Waals surface area contributed by atoms with Gasteiger partial charge in [0.05, 0.1) is 0 Å². The van der Waals surface area contributed by atoms with Gasteiger partial charge in [0, 0.05) is 17.1 Å². The van der Waals surface area contributed by atoms with E-state index in [0.29, 0.717) is 0 Å². The predicted molar refractivity (Wildman–Crippen MR) is 114 cm³/mol. The van der Waals surface area contributed by atoms with E-state index in [1.165, 1.54) is 33.8 Å². The van der Waals surface area contributed by atoms with E-state index in [9.17, 15) is 0 Å². The third-order valence-electron chi connectivity index (χ3n) is 4.38. The largest absolute Gasteiger partial charge is 0.310 e. The highest BCUT2D eigenvalue weighted by atomic mass is 15.1. The third-order valence-corrected chi connectivity index (χ3v) is 4.38. The van der Waals surface area contributed by atoms with E-state index in [1.54, 1.807) is 0 Å². The number of hydrogen-bond acceptors (Lipinski definition) is 1. The highest BCUT2D eigenvalue weighted by Gasteiger charge is 2.12. The van der Waals surface area contributed by atoms with Crippen molar-refractivity contribution < 1.29 is 0 Å². The second-order valence-corrected chi connectivity index (χ2v) is 6.54. The molecule has 0 aliphatic heterocycles. The lowest BCUT2D eigenvalue weighted by atomic mass is 10.1. The molecule has 3 aromatic carbocycles. The molecule has 0 saturated carbocycles. The number of anilines is 3. The van der Waals surface area contributed by atoms with Crippen molar-refractivity contribution in [2.24, 2.45) is 0 Å². The van der Waals surface area contributed by atoms with Gasteiger partial charge in [-0.1, -0.05) is 72.3 Å². The Morgan fingerprint density at radius 1 is 0.769 bits per heavy atom. The van der Waals surface area contributed by atoms with Crippen LogP contribution < -0.4 is 4.90 Å². The van der Waals surface area contributed by atoms with E-state index in [4.69, 9.17) is 0 Å². The van der Waals surface area contributed by atoms with Crippen LogP contribution in [-0.4, -0.2) is 0 Å². The summed E-state index contributed by atoms with van der Waals surface area (Å²) < 4.78 is 0. The lowest BCUT2D eigenvalue weighted by Crippen LogP contribution is -2.10. The van der Waals surface area contributed by atoms with Gasteiger partial charge in [0.2, 0.25) is 0 Å². The Labute approximate surface area is 156 Å². The maximum atomic E-state index is 3.74. The summed E-state index contributed by atoms with van der Waals surface area (Å²) in [6.45, 7) is 7.97. The fourth-order valence-corrected chi connectivity index (χ4v) is 2.96. The monoisotopic (exact) mass is 339 g/mol. The molecule has 1 nitrogen and oxygen atoms in total. The maximum Gasteiger partial charge on any atom is 0.0464 e. The maximum absolute atomic E-state index is 3.74. The molecule has 0 radical (unpaired) electrons. The Kier molecular flexibility index (Phi) is 5.70. The van der Waals surface area contributed by atoms with E-state index >= 15 is 0 Å². The van der Waals surface area contributed by atoms with Crippen molar-refractivity contribution in [1.82, 2.24) is 0 Å². The second-order valence-electron chi connectivity index (χ2n) is 6.54. The summed E-state index contributed by atoms with van der Waals surface area (Å²) in [5.74, 6) is 0. The highest BCUT2D eigenvalue weighted by Crippen LogP contribution is 2.35. The highest BCUT2D eigenvalue weighted by molar-refractivity contribution is 5.76. The summed E-state index contributed by atoms with van der Waals surface area (Å²) in [6.07, 6.45) is 6.84. The molecule has 0 aliphatic rings. The van der Waals surface area contributed by atoms with Gasteiger partial charge in [-0.05, 0) is 62.2 Å². The van der Waals surface area contributed by atoms with Crippen molar-refractivity contribution in [2.45, 2.75) is 20.3 Å². The molecule has 0 amide bonds. The van der Waals surface area contributed by atoms with Crippen LogP contribution in [-0.2, 0) is 6.42 Å². The SMILES string of the molecule is C=CC=CCc1cccc(N(c2ccc(C)cc2)c2ccc(C)cc2)c1. The van der Waals surface area contributed by atoms with Crippen LogP contribution >= 0.6 is 0 Å². The van der Waals surface area contributed by atoms with Crippen LogP contribution in [0.1, 0.15) is 16.7 Å². The molecule has 0 fully saturated rings. The summed E-state index contributed by atoms with van der Waals surface area (Å²) in [6, 6.07) is 26.1. The Bertz CT molecular complexity index is 841. The van der Waals surface area contributed by atoms with Crippen molar-refractivity contribution in [3.63, 3.8) is 0 Å². The van der Waals surface area contributed by atoms with Gasteiger partial charge in [0.25, 0.3) is 0 Å². The number of hydrogen-bond donors (Lipinski definition) is 0. The molecule has 3 aromatic rings. The minimum atomic E-state index is 0.898. The van der Waals surface area contributed by atoms with E-state index in [2.05, 4.69) is 104 Å². The van der Waals surface area contributed by atoms with Crippen LogP contribution in [0.15, 0.2) is 97.6 Å². The van der Waals surface area contributed by atoms with E-state index in [0.717, 1.165) is 6.42 Å². The quantitative estimate of drug-likeness (QED) is 0.435. The molecule has 3 rings (SSSR count). The standard InChI is InChI=1S/C25H25N/c1-4-5-6-8-22-9-7-10-25(19-22)26(23-15-11-20(2)12-16-23)24-17-13-21(3)14-18-24/h4-7,9-19H,1,8H2,2-3H3. The first kappa shape index (κ1) is 17.8. The van der Waals surface area contributed by atoms with Crippen molar-refractivity contribution >= 4 is 17.1 Å². The first-order valence-corrected chi connectivity index (χ1v) is 8.97. The van der Waals surface area contributed by atoms with Gasteiger partial charge < -0.3 is 4.90 Å². The molecule has 130 valence electrons. The predicted octanol–water partition coefficient (Wildman–Crippen LogP) is 7.06. The fourth-order valence-electron chi connectivity index (χ4n) is 2.96. The van der Waals surface area contributed by atoms with Crippen molar-refractivity contribution in [2.75, 3.05) is 4.90 Å². The first-order valence-electron chi connectivity index (χ1n) is 8.97. The summed E-state index contributed by atoms with van der Waals surface area (Å²) in [5.41, 5.74) is 7.31. The molecular formula is C25H25N. The summed E-state index contributed by atoms with van der Waals surface area (Å²) >= 11 is 0. The van der Waals surface area contributed by atoms with E-state index < -0.39 is 0 Å². The number of aryl methyl sites for hydroxylation is 2. The third kappa shape index (κ3) is 4.31. The van der Waals surface area contributed by atoms with Crippen LogP contribution in [0.2, 0.25) is 0 Å². The Balaban J connectivity index is 2.04. The van der Waals surface area contributed by atoms with Gasteiger partial charge in [-0.25, -0.2) is 0 Å². The average molecular weight is 339 g/mol. The molecule has 0 saturated heterocycles. The Hall–Kier alpha value is -3.06. The normalized spacial score (nSPS) is 10.8. The van der Waals surface area contributed by atoms with Crippen LogP contribution in [0.5, 0.6) is 0 Å². The number of rotatable bonds is 6. The molecule has 26 heavy (non-hydrogen) atoms.